The van der Waals surface area contributed by atoms with Gasteiger partial charge in [-0.3, -0.25) is 14.0 Å². The lowest BCUT2D eigenvalue weighted by molar-refractivity contribution is -0.113. The van der Waals surface area contributed by atoms with E-state index in [1.165, 1.54) is 6.26 Å². The van der Waals surface area contributed by atoms with Crippen molar-refractivity contribution < 1.29 is 13.7 Å². The number of rotatable bonds is 6. The Morgan fingerprint density at radius 2 is 2.00 bits per heavy atom. The maximum absolute atomic E-state index is 12.0. The van der Waals surface area contributed by atoms with Gasteiger partial charge in [-0.1, -0.05) is 18.2 Å². The van der Waals surface area contributed by atoms with Crippen LogP contribution in [0.1, 0.15) is 16.7 Å². The quantitative estimate of drug-likeness (QED) is 0.705. The maximum atomic E-state index is 12.0. The number of pyridine rings is 1. The largest absolute Gasteiger partial charge is 0.488 e. The second-order valence-electron chi connectivity index (χ2n) is 6.44. The summed E-state index contributed by atoms with van der Waals surface area (Å²) in [5, 5.41) is 4.88. The standard InChI is InChI=1S/C21H22N2O3S/c1-14-7-8-19(23-21(24)13-27(3)25)15(2)18(14)12-26-20-6-4-5-16-11-22-10-9-17(16)20/h4-11H,12-13H2,1-3H3,(H,23,24). The number of fused-ring (bicyclic) bond motifs is 1. The number of amides is 1. The lowest BCUT2D eigenvalue weighted by Crippen LogP contribution is -2.20. The van der Waals surface area contributed by atoms with E-state index in [4.69, 9.17) is 4.74 Å². The Hall–Kier alpha value is -2.73. The number of hydrogen-bond acceptors (Lipinski definition) is 4. The Bertz CT molecular complexity index is 1010. The minimum absolute atomic E-state index is 0.0107. The van der Waals surface area contributed by atoms with Crippen LogP contribution < -0.4 is 10.1 Å². The molecule has 0 aliphatic carbocycles. The van der Waals surface area contributed by atoms with Gasteiger partial charge in [0.15, 0.2) is 0 Å². The first-order valence-electron chi connectivity index (χ1n) is 8.60. The van der Waals surface area contributed by atoms with Crippen LogP contribution in [-0.4, -0.2) is 27.1 Å². The molecular formula is C21H22N2O3S. The number of anilines is 1. The molecule has 3 rings (SSSR count). The van der Waals surface area contributed by atoms with E-state index in [9.17, 15) is 9.00 Å². The Morgan fingerprint density at radius 3 is 2.78 bits per heavy atom. The van der Waals surface area contributed by atoms with Crippen molar-refractivity contribution in [1.82, 2.24) is 4.98 Å². The SMILES string of the molecule is Cc1ccc(NC(=O)CS(C)=O)c(C)c1COc1cccc2cnccc12. The molecule has 140 valence electrons. The Morgan fingerprint density at radius 1 is 1.19 bits per heavy atom. The first-order valence-corrected chi connectivity index (χ1v) is 10.3. The van der Waals surface area contributed by atoms with Gasteiger partial charge in [0.25, 0.3) is 0 Å². The maximum Gasteiger partial charge on any atom is 0.236 e. The Kier molecular flexibility index (Phi) is 5.86. The number of nitrogens with zero attached hydrogens (tertiary/aromatic N) is 1. The summed E-state index contributed by atoms with van der Waals surface area (Å²) in [6, 6.07) is 11.6. The molecule has 6 heteroatoms. The van der Waals surface area contributed by atoms with Crippen molar-refractivity contribution in [1.29, 1.82) is 0 Å². The number of aromatic nitrogens is 1. The molecule has 1 amide bonds. The fourth-order valence-corrected chi connectivity index (χ4v) is 3.43. The molecule has 5 nitrogen and oxygen atoms in total. The second-order valence-corrected chi connectivity index (χ2v) is 7.88. The van der Waals surface area contributed by atoms with Crippen molar-refractivity contribution in [2.45, 2.75) is 20.5 Å². The van der Waals surface area contributed by atoms with E-state index >= 15 is 0 Å². The molecule has 0 spiro atoms. The number of hydrogen-bond donors (Lipinski definition) is 1. The molecule has 0 saturated carbocycles. The van der Waals surface area contributed by atoms with Crippen LogP contribution in [0.5, 0.6) is 5.75 Å². The Balaban J connectivity index is 1.83. The van der Waals surface area contributed by atoms with Crippen LogP contribution in [0.4, 0.5) is 5.69 Å². The van der Waals surface area contributed by atoms with E-state index in [0.29, 0.717) is 6.61 Å². The zero-order chi connectivity index (χ0) is 19.4. The average molecular weight is 382 g/mol. The van der Waals surface area contributed by atoms with Gasteiger partial charge in [0.2, 0.25) is 5.91 Å². The van der Waals surface area contributed by atoms with Crippen LogP contribution in [0.15, 0.2) is 48.8 Å². The fourth-order valence-electron chi connectivity index (χ4n) is 2.99. The molecule has 1 heterocycles. The highest BCUT2D eigenvalue weighted by atomic mass is 32.2. The summed E-state index contributed by atoms with van der Waals surface area (Å²) in [6.07, 6.45) is 5.08. The topological polar surface area (TPSA) is 68.3 Å². The first kappa shape index (κ1) is 19.0. The minimum Gasteiger partial charge on any atom is -0.488 e. The monoisotopic (exact) mass is 382 g/mol. The van der Waals surface area contributed by atoms with Gasteiger partial charge >= 0.3 is 0 Å². The zero-order valence-corrected chi connectivity index (χ0v) is 16.4. The third-order valence-corrected chi connectivity index (χ3v) is 5.12. The molecule has 0 aliphatic heterocycles. The van der Waals surface area contributed by atoms with E-state index in [-0.39, 0.29) is 11.7 Å². The summed E-state index contributed by atoms with van der Waals surface area (Å²) in [5.74, 6) is 0.532. The van der Waals surface area contributed by atoms with E-state index in [1.807, 2.05) is 56.4 Å². The fraction of sp³-hybridized carbons (Fsp3) is 0.238. The lowest BCUT2D eigenvalue weighted by Gasteiger charge is -2.16. The number of nitrogens with one attached hydrogen (secondary N) is 1. The molecule has 0 fully saturated rings. The van der Waals surface area contributed by atoms with Crippen molar-refractivity contribution in [2.75, 3.05) is 17.3 Å². The van der Waals surface area contributed by atoms with E-state index in [0.717, 1.165) is 38.9 Å². The van der Waals surface area contributed by atoms with Crippen molar-refractivity contribution in [3.63, 3.8) is 0 Å². The summed E-state index contributed by atoms with van der Waals surface area (Å²) >= 11 is 0. The number of ether oxygens (including phenoxy) is 1. The van der Waals surface area contributed by atoms with Gasteiger partial charge in [0.1, 0.15) is 18.1 Å². The highest BCUT2D eigenvalue weighted by Crippen LogP contribution is 2.28. The van der Waals surface area contributed by atoms with Crippen molar-refractivity contribution in [2.24, 2.45) is 0 Å². The highest BCUT2D eigenvalue weighted by molar-refractivity contribution is 7.85. The molecule has 0 bridgehead atoms. The smallest absolute Gasteiger partial charge is 0.236 e. The van der Waals surface area contributed by atoms with Crippen LogP contribution in [0.25, 0.3) is 10.8 Å². The molecule has 0 saturated heterocycles. The molecule has 1 aromatic heterocycles. The molecule has 1 unspecified atom stereocenters. The molecule has 0 radical (unpaired) electrons. The summed E-state index contributed by atoms with van der Waals surface area (Å²) in [5.41, 5.74) is 3.78. The van der Waals surface area contributed by atoms with Crippen LogP contribution >= 0.6 is 0 Å². The number of aryl methyl sites for hydroxylation is 1. The van der Waals surface area contributed by atoms with Gasteiger partial charge in [-0.2, -0.15) is 0 Å². The number of carbonyl (C=O) groups is 1. The van der Waals surface area contributed by atoms with Crippen molar-refractivity contribution in [3.05, 3.63) is 65.5 Å². The number of carbonyl (C=O) groups excluding carboxylic acids is 1. The minimum atomic E-state index is -1.17. The molecule has 0 aliphatic rings. The normalized spacial score (nSPS) is 12.0. The summed E-state index contributed by atoms with van der Waals surface area (Å²) in [7, 11) is -1.17. The molecule has 1 N–H and O–H groups in total. The van der Waals surface area contributed by atoms with Gasteiger partial charge in [0, 0.05) is 45.9 Å². The van der Waals surface area contributed by atoms with Gasteiger partial charge in [-0.05, 0) is 48.7 Å². The van der Waals surface area contributed by atoms with E-state index < -0.39 is 10.8 Å². The second kappa shape index (κ2) is 8.31. The van der Waals surface area contributed by atoms with Crippen LogP contribution in [0, 0.1) is 13.8 Å². The third-order valence-electron chi connectivity index (χ3n) is 4.45. The van der Waals surface area contributed by atoms with Gasteiger partial charge < -0.3 is 10.1 Å². The molecule has 1 atom stereocenters. The summed E-state index contributed by atoms with van der Waals surface area (Å²) in [6.45, 7) is 4.37. The first-order chi connectivity index (χ1) is 13.0. The molecule has 27 heavy (non-hydrogen) atoms. The summed E-state index contributed by atoms with van der Waals surface area (Å²) < 4.78 is 17.3. The van der Waals surface area contributed by atoms with Crippen LogP contribution in [-0.2, 0) is 22.2 Å². The van der Waals surface area contributed by atoms with Gasteiger partial charge in [0.05, 0.1) is 0 Å². The van der Waals surface area contributed by atoms with Gasteiger partial charge in [-0.25, -0.2) is 0 Å². The number of benzene rings is 2. The molecule has 3 aromatic rings. The van der Waals surface area contributed by atoms with Gasteiger partial charge in [-0.15, -0.1) is 0 Å². The predicted molar refractivity (Wildman–Crippen MR) is 110 cm³/mol. The average Bonchev–Trinajstić information content (AvgIpc) is 2.63. The third kappa shape index (κ3) is 4.52. The molecular weight excluding hydrogens is 360 g/mol. The zero-order valence-electron chi connectivity index (χ0n) is 15.6. The van der Waals surface area contributed by atoms with Crippen molar-refractivity contribution >= 4 is 33.2 Å². The molecule has 2 aromatic carbocycles. The predicted octanol–water partition coefficient (Wildman–Crippen LogP) is 3.75. The summed E-state index contributed by atoms with van der Waals surface area (Å²) in [4.78, 5) is 16.1. The lowest BCUT2D eigenvalue weighted by atomic mass is 10.0. The van der Waals surface area contributed by atoms with Crippen molar-refractivity contribution in [3.8, 4) is 5.75 Å². The van der Waals surface area contributed by atoms with Crippen LogP contribution in [0.3, 0.4) is 0 Å². The van der Waals surface area contributed by atoms with E-state index in [1.54, 1.807) is 6.20 Å². The highest BCUT2D eigenvalue weighted by Gasteiger charge is 2.12. The van der Waals surface area contributed by atoms with E-state index in [2.05, 4.69) is 10.3 Å². The van der Waals surface area contributed by atoms with Crippen LogP contribution in [0.2, 0.25) is 0 Å². The Labute approximate surface area is 161 Å².